The largest absolute Gasteiger partial charge is 0.274 e. The number of nitrogens with zero attached hydrogens (tertiary/aromatic N) is 3. The van der Waals surface area contributed by atoms with Gasteiger partial charge in [-0.2, -0.15) is 0 Å². The molecule has 2 aromatic rings. The van der Waals surface area contributed by atoms with Crippen molar-refractivity contribution in [1.82, 2.24) is 10.0 Å². The third kappa shape index (κ3) is 2.32. The van der Waals surface area contributed by atoms with Gasteiger partial charge in [0.25, 0.3) is 5.91 Å². The maximum atomic E-state index is 13.5. The summed E-state index contributed by atoms with van der Waals surface area (Å²) in [5, 5.41) is 4.39. The molecule has 0 N–H and O–H groups in total. The van der Waals surface area contributed by atoms with Crippen molar-refractivity contribution in [3.8, 4) is 0 Å². The average molecular weight is 361 g/mol. The van der Waals surface area contributed by atoms with Gasteiger partial charge in [0, 0.05) is 13.1 Å². The molecule has 138 valence electrons. The number of carbonyl (C=O) groups is 2. The molecule has 2 aromatic carbocycles. The monoisotopic (exact) mass is 361 g/mol. The average Bonchev–Trinajstić information content (AvgIpc) is 3.31. The van der Waals surface area contributed by atoms with Gasteiger partial charge in [0.2, 0.25) is 5.91 Å². The lowest BCUT2D eigenvalue weighted by Gasteiger charge is -2.29. The van der Waals surface area contributed by atoms with Crippen LogP contribution in [0.4, 0.5) is 5.69 Å². The normalized spacial score (nSPS) is 28.1. The molecular formula is C22H23N3O2. The van der Waals surface area contributed by atoms with E-state index in [4.69, 9.17) is 0 Å². The highest BCUT2D eigenvalue weighted by atomic mass is 16.2. The fraction of sp³-hybridized carbons (Fsp3) is 0.364. The summed E-state index contributed by atoms with van der Waals surface area (Å²) in [6, 6.07) is 15.5. The summed E-state index contributed by atoms with van der Waals surface area (Å²) in [7, 11) is 0. The van der Waals surface area contributed by atoms with Gasteiger partial charge >= 0.3 is 0 Å². The summed E-state index contributed by atoms with van der Waals surface area (Å²) in [5.74, 6) is -0.503. The second-order valence-corrected chi connectivity index (χ2v) is 7.79. The number of carbonyl (C=O) groups excluding carboxylic acids is 2. The summed E-state index contributed by atoms with van der Waals surface area (Å²) in [6.45, 7) is 5.79. The first-order chi connectivity index (χ1) is 13.1. The Morgan fingerprint density at radius 2 is 1.52 bits per heavy atom. The third-order valence-corrected chi connectivity index (χ3v) is 6.30. The van der Waals surface area contributed by atoms with Crippen LogP contribution >= 0.6 is 0 Å². The van der Waals surface area contributed by atoms with E-state index in [1.54, 1.807) is 0 Å². The SMILES string of the molecule is Cc1ccc(N2C(=O)[C@@H]3[C@@H](C2=O)N2CCCN2[C@H]3c2ccccc2)cc1C. The molecule has 5 heteroatoms. The summed E-state index contributed by atoms with van der Waals surface area (Å²) < 4.78 is 0. The Kier molecular flexibility index (Phi) is 3.71. The maximum Gasteiger partial charge on any atom is 0.253 e. The van der Waals surface area contributed by atoms with Crippen molar-refractivity contribution in [2.75, 3.05) is 18.0 Å². The number of fused-ring (bicyclic) bond motifs is 3. The molecule has 0 spiro atoms. The number of anilines is 1. The standard InChI is InChI=1S/C22H23N3O2/c1-14-9-10-17(13-15(14)2)25-21(26)18-19(16-7-4-3-5-8-16)23-11-6-12-24(23)20(18)22(25)27/h3-5,7-10,13,18-20H,6,11-12H2,1-2H3/t18-,19-,20-/m0/s1. The molecule has 3 atom stereocenters. The lowest BCUT2D eigenvalue weighted by molar-refractivity contribution is -0.126. The summed E-state index contributed by atoms with van der Waals surface area (Å²) >= 11 is 0. The first-order valence-corrected chi connectivity index (χ1v) is 9.61. The quantitative estimate of drug-likeness (QED) is 0.772. The van der Waals surface area contributed by atoms with Crippen LogP contribution in [0.5, 0.6) is 0 Å². The van der Waals surface area contributed by atoms with Gasteiger partial charge in [0.15, 0.2) is 0 Å². The van der Waals surface area contributed by atoms with Crippen LogP contribution < -0.4 is 4.90 Å². The zero-order valence-corrected chi connectivity index (χ0v) is 15.6. The summed E-state index contributed by atoms with van der Waals surface area (Å²) in [6.07, 6.45) is 1.03. The lowest BCUT2D eigenvalue weighted by Crippen LogP contribution is -2.44. The van der Waals surface area contributed by atoms with Gasteiger partial charge in [-0.05, 0) is 49.1 Å². The van der Waals surface area contributed by atoms with E-state index < -0.39 is 0 Å². The molecule has 3 saturated heterocycles. The first kappa shape index (κ1) is 16.7. The first-order valence-electron chi connectivity index (χ1n) is 9.61. The molecule has 0 aromatic heterocycles. The van der Waals surface area contributed by atoms with E-state index in [9.17, 15) is 9.59 Å². The van der Waals surface area contributed by atoms with Gasteiger partial charge in [0.05, 0.1) is 17.6 Å². The minimum absolute atomic E-state index is 0.0632. The van der Waals surface area contributed by atoms with Crippen LogP contribution in [0.3, 0.4) is 0 Å². The minimum Gasteiger partial charge on any atom is -0.274 e. The van der Waals surface area contributed by atoms with Crippen molar-refractivity contribution < 1.29 is 9.59 Å². The van der Waals surface area contributed by atoms with Crippen molar-refractivity contribution in [2.45, 2.75) is 32.4 Å². The van der Waals surface area contributed by atoms with E-state index >= 15 is 0 Å². The predicted octanol–water partition coefficient (Wildman–Crippen LogP) is 2.84. The van der Waals surface area contributed by atoms with E-state index in [1.165, 1.54) is 4.90 Å². The lowest BCUT2D eigenvalue weighted by atomic mass is 9.90. The number of hydrazine groups is 1. The molecule has 5 nitrogen and oxygen atoms in total. The molecule has 5 rings (SSSR count). The van der Waals surface area contributed by atoms with Crippen LogP contribution in [0.1, 0.15) is 29.2 Å². The zero-order chi connectivity index (χ0) is 18.7. The van der Waals surface area contributed by atoms with Crippen LogP contribution in [0.15, 0.2) is 48.5 Å². The Labute approximate surface area is 159 Å². The molecule has 3 heterocycles. The number of rotatable bonds is 2. The van der Waals surface area contributed by atoms with Crippen molar-refractivity contribution >= 4 is 17.5 Å². The highest BCUT2D eigenvalue weighted by molar-refractivity contribution is 6.24. The molecule has 3 fully saturated rings. The minimum atomic E-state index is -0.383. The third-order valence-electron chi connectivity index (χ3n) is 6.30. The molecule has 0 unspecified atom stereocenters. The summed E-state index contributed by atoms with van der Waals surface area (Å²) in [4.78, 5) is 28.2. The van der Waals surface area contributed by atoms with E-state index in [0.717, 1.165) is 36.2 Å². The smallest absolute Gasteiger partial charge is 0.253 e. The highest BCUT2D eigenvalue weighted by Crippen LogP contribution is 2.48. The van der Waals surface area contributed by atoms with Gasteiger partial charge in [-0.15, -0.1) is 0 Å². The van der Waals surface area contributed by atoms with Crippen LogP contribution in [0.2, 0.25) is 0 Å². The highest BCUT2D eigenvalue weighted by Gasteiger charge is 2.62. The van der Waals surface area contributed by atoms with Gasteiger partial charge in [-0.3, -0.25) is 9.59 Å². The fourth-order valence-electron chi connectivity index (χ4n) is 4.88. The Bertz CT molecular complexity index is 926. The molecule has 0 aliphatic carbocycles. The van der Waals surface area contributed by atoms with Gasteiger partial charge in [-0.1, -0.05) is 36.4 Å². The summed E-state index contributed by atoms with van der Waals surface area (Å²) in [5.41, 5.74) is 4.05. The van der Waals surface area contributed by atoms with Crippen molar-refractivity contribution in [3.63, 3.8) is 0 Å². The number of imide groups is 1. The van der Waals surface area contributed by atoms with Gasteiger partial charge < -0.3 is 0 Å². The van der Waals surface area contributed by atoms with E-state index in [0.29, 0.717) is 5.69 Å². The number of hydrogen-bond donors (Lipinski definition) is 0. The Morgan fingerprint density at radius 1 is 0.815 bits per heavy atom. The van der Waals surface area contributed by atoms with Crippen LogP contribution in [0, 0.1) is 19.8 Å². The molecule has 0 saturated carbocycles. The van der Waals surface area contributed by atoms with E-state index in [2.05, 4.69) is 22.2 Å². The number of benzene rings is 2. The van der Waals surface area contributed by atoms with E-state index in [1.807, 2.05) is 50.2 Å². The van der Waals surface area contributed by atoms with Crippen molar-refractivity contribution in [3.05, 3.63) is 65.2 Å². The number of aryl methyl sites for hydroxylation is 2. The molecule has 0 bridgehead atoms. The second kappa shape index (κ2) is 6.01. The Balaban J connectivity index is 1.59. The fourth-order valence-corrected chi connectivity index (χ4v) is 4.88. The van der Waals surface area contributed by atoms with Gasteiger partial charge in [-0.25, -0.2) is 14.9 Å². The van der Waals surface area contributed by atoms with E-state index in [-0.39, 0.29) is 29.8 Å². The van der Waals surface area contributed by atoms with Crippen LogP contribution in [-0.4, -0.2) is 41.0 Å². The molecule has 2 amide bonds. The van der Waals surface area contributed by atoms with Crippen molar-refractivity contribution in [2.24, 2.45) is 5.92 Å². The topological polar surface area (TPSA) is 43.9 Å². The molecular weight excluding hydrogens is 338 g/mol. The Morgan fingerprint density at radius 3 is 2.22 bits per heavy atom. The van der Waals surface area contributed by atoms with Crippen LogP contribution in [0.25, 0.3) is 0 Å². The Hall–Kier alpha value is -2.50. The zero-order valence-electron chi connectivity index (χ0n) is 15.6. The number of hydrogen-bond acceptors (Lipinski definition) is 4. The molecule has 27 heavy (non-hydrogen) atoms. The van der Waals surface area contributed by atoms with Crippen molar-refractivity contribution in [1.29, 1.82) is 0 Å². The molecule has 0 radical (unpaired) electrons. The molecule has 3 aliphatic heterocycles. The maximum absolute atomic E-state index is 13.5. The number of amides is 2. The predicted molar refractivity (Wildman–Crippen MR) is 103 cm³/mol. The van der Waals surface area contributed by atoms with Crippen LogP contribution in [-0.2, 0) is 9.59 Å². The van der Waals surface area contributed by atoms with Gasteiger partial charge in [0.1, 0.15) is 6.04 Å². The second-order valence-electron chi connectivity index (χ2n) is 7.79. The molecule has 3 aliphatic rings.